The summed E-state index contributed by atoms with van der Waals surface area (Å²) in [7, 11) is 1.77. The molecule has 2 heterocycles. The molecule has 0 aromatic rings. The molecule has 0 saturated carbocycles. The van der Waals surface area contributed by atoms with Gasteiger partial charge in [-0.05, 0) is 26.3 Å². The maximum absolute atomic E-state index is 10.6. The highest BCUT2D eigenvalue weighted by molar-refractivity contribution is 5.00. The van der Waals surface area contributed by atoms with Crippen molar-refractivity contribution in [1.29, 1.82) is 0 Å². The van der Waals surface area contributed by atoms with E-state index in [9.17, 15) is 20.4 Å². The average molecular weight is 377 g/mol. The Morgan fingerprint density at radius 1 is 1.15 bits per heavy atom. The van der Waals surface area contributed by atoms with E-state index in [2.05, 4.69) is 5.32 Å². The number of rotatable bonds is 4. The predicted octanol–water partition coefficient (Wildman–Crippen LogP) is -0.627. The first-order valence-electron chi connectivity index (χ1n) is 9.25. The molecule has 0 spiro atoms. The maximum atomic E-state index is 10.6. The summed E-state index contributed by atoms with van der Waals surface area (Å²) in [6, 6.07) is 0. The normalized spacial score (nSPS) is 47.8. The summed E-state index contributed by atoms with van der Waals surface area (Å²) in [6.45, 7) is 9.09. The van der Waals surface area contributed by atoms with Crippen LogP contribution in [0.4, 0.5) is 0 Å². The third-order valence-corrected chi connectivity index (χ3v) is 5.66. The summed E-state index contributed by atoms with van der Waals surface area (Å²) >= 11 is 0. The van der Waals surface area contributed by atoms with E-state index in [4.69, 9.17) is 14.2 Å². The lowest BCUT2D eigenvalue weighted by Crippen LogP contribution is -2.65. The van der Waals surface area contributed by atoms with Crippen LogP contribution in [0.2, 0.25) is 0 Å². The highest BCUT2D eigenvalue weighted by atomic mass is 16.7. The Hall–Kier alpha value is -0.320. The van der Waals surface area contributed by atoms with Crippen LogP contribution < -0.4 is 5.32 Å². The average Bonchev–Trinajstić information content (AvgIpc) is 2.56. The number of nitrogens with one attached hydrogen (secondary N) is 1. The number of hydrogen-bond acceptors (Lipinski definition) is 8. The first kappa shape index (κ1) is 22.0. The van der Waals surface area contributed by atoms with Crippen LogP contribution in [0.15, 0.2) is 0 Å². The molecule has 26 heavy (non-hydrogen) atoms. The van der Waals surface area contributed by atoms with Crippen molar-refractivity contribution in [3.8, 4) is 0 Å². The molecule has 0 unspecified atom stereocenters. The Bertz CT molecular complexity index is 471. The molecule has 8 nitrogen and oxygen atoms in total. The van der Waals surface area contributed by atoms with Gasteiger partial charge in [-0.25, -0.2) is 0 Å². The highest BCUT2D eigenvalue weighted by Crippen LogP contribution is 2.37. The number of hydrogen-bond donors (Lipinski definition) is 5. The lowest BCUT2D eigenvalue weighted by molar-refractivity contribution is -0.319. The van der Waals surface area contributed by atoms with Crippen molar-refractivity contribution in [2.45, 2.75) is 95.6 Å². The molecule has 2 saturated heterocycles. The maximum Gasteiger partial charge on any atom is 0.160 e. The molecule has 0 radical (unpaired) electrons. The molecule has 2 fully saturated rings. The molecular formula is C18H35NO7. The smallest absolute Gasteiger partial charge is 0.160 e. The highest BCUT2D eigenvalue weighted by Gasteiger charge is 2.52. The standard InChI is InChI=1S/C18H35NO7/c1-9-15(23)18(5,19-6)7-11(24-9)26-14-13(22)12(21)10(8-20)25-16(14)17(2,3)4/h9-16,19-23H,7-8H2,1-6H3/t9-,10+,11-,12+,13-,14+,15+,16+,18-/m0/s1. The summed E-state index contributed by atoms with van der Waals surface area (Å²) in [5.74, 6) is 0. The van der Waals surface area contributed by atoms with Crippen LogP contribution in [0.25, 0.3) is 0 Å². The number of aliphatic hydroxyl groups excluding tert-OH is 4. The summed E-state index contributed by atoms with van der Waals surface area (Å²) in [6.07, 6.45) is -6.22. The van der Waals surface area contributed by atoms with Crippen molar-refractivity contribution >= 4 is 0 Å². The van der Waals surface area contributed by atoms with Crippen LogP contribution in [-0.4, -0.2) is 88.6 Å². The van der Waals surface area contributed by atoms with Crippen LogP contribution in [-0.2, 0) is 14.2 Å². The zero-order valence-electron chi connectivity index (χ0n) is 16.5. The Morgan fingerprint density at radius 3 is 2.27 bits per heavy atom. The van der Waals surface area contributed by atoms with Crippen molar-refractivity contribution in [2.24, 2.45) is 5.41 Å². The van der Waals surface area contributed by atoms with E-state index in [-0.39, 0.29) is 0 Å². The van der Waals surface area contributed by atoms with Gasteiger partial charge in [0.15, 0.2) is 6.29 Å². The Balaban J connectivity index is 2.21. The monoisotopic (exact) mass is 377 g/mol. The van der Waals surface area contributed by atoms with Crippen LogP contribution in [0.5, 0.6) is 0 Å². The van der Waals surface area contributed by atoms with E-state index in [1.54, 1.807) is 14.0 Å². The Morgan fingerprint density at radius 2 is 1.77 bits per heavy atom. The van der Waals surface area contributed by atoms with Crippen molar-refractivity contribution in [1.82, 2.24) is 5.32 Å². The number of ether oxygens (including phenoxy) is 3. The third kappa shape index (κ3) is 4.23. The molecule has 9 atom stereocenters. The fourth-order valence-electron chi connectivity index (χ4n) is 3.79. The van der Waals surface area contributed by atoms with Crippen LogP contribution in [0.3, 0.4) is 0 Å². The first-order chi connectivity index (χ1) is 11.9. The van der Waals surface area contributed by atoms with Gasteiger partial charge in [-0.1, -0.05) is 20.8 Å². The predicted molar refractivity (Wildman–Crippen MR) is 94.5 cm³/mol. The van der Waals surface area contributed by atoms with Crippen molar-refractivity contribution in [3.05, 3.63) is 0 Å². The zero-order chi connectivity index (χ0) is 19.9. The van der Waals surface area contributed by atoms with Gasteiger partial charge in [0.1, 0.15) is 24.4 Å². The number of likely N-dealkylation sites (N-methyl/N-ethyl adjacent to an activating group) is 1. The quantitative estimate of drug-likeness (QED) is 0.439. The van der Waals surface area contributed by atoms with E-state index in [0.29, 0.717) is 6.42 Å². The number of aliphatic hydroxyl groups is 4. The molecule has 2 rings (SSSR count). The van der Waals surface area contributed by atoms with Gasteiger partial charge in [0, 0.05) is 12.0 Å². The van der Waals surface area contributed by atoms with Crippen LogP contribution in [0.1, 0.15) is 41.0 Å². The molecule has 0 aromatic carbocycles. The van der Waals surface area contributed by atoms with E-state index < -0.39 is 66.6 Å². The SMILES string of the molecule is CN[C@@]1(C)C[C@H](O[C@@H]2[C@@H](O)[C@H](O)[C@@H](CO)O[C@H]2C(C)(C)C)O[C@@H](C)[C@H]1O. The summed E-state index contributed by atoms with van der Waals surface area (Å²) in [5, 5.41) is 43.8. The third-order valence-electron chi connectivity index (χ3n) is 5.66. The van der Waals surface area contributed by atoms with E-state index in [0.717, 1.165) is 0 Å². The van der Waals surface area contributed by atoms with Gasteiger partial charge in [0.25, 0.3) is 0 Å². The summed E-state index contributed by atoms with van der Waals surface area (Å²) in [5.41, 5.74) is -1.00. The first-order valence-corrected chi connectivity index (χ1v) is 9.25. The molecule has 5 N–H and O–H groups in total. The second kappa shape index (κ2) is 7.97. The van der Waals surface area contributed by atoms with Gasteiger partial charge >= 0.3 is 0 Å². The lowest BCUT2D eigenvalue weighted by atomic mass is 9.80. The second-order valence-corrected chi connectivity index (χ2v) is 8.81. The summed E-state index contributed by atoms with van der Waals surface area (Å²) in [4.78, 5) is 0. The van der Waals surface area contributed by atoms with Gasteiger partial charge < -0.3 is 40.0 Å². The summed E-state index contributed by atoms with van der Waals surface area (Å²) < 4.78 is 17.7. The molecule has 2 aliphatic rings. The van der Waals surface area contributed by atoms with Gasteiger partial charge in [-0.15, -0.1) is 0 Å². The van der Waals surface area contributed by atoms with Gasteiger partial charge in [-0.3, -0.25) is 0 Å². The fraction of sp³-hybridized carbons (Fsp3) is 1.00. The molecule has 0 aromatic heterocycles. The molecule has 154 valence electrons. The fourth-order valence-corrected chi connectivity index (χ4v) is 3.79. The topological polar surface area (TPSA) is 121 Å². The van der Waals surface area contributed by atoms with Crippen molar-refractivity contribution in [3.63, 3.8) is 0 Å². The second-order valence-electron chi connectivity index (χ2n) is 8.81. The zero-order valence-corrected chi connectivity index (χ0v) is 16.5. The van der Waals surface area contributed by atoms with Gasteiger partial charge in [0.05, 0.1) is 24.9 Å². The molecule has 0 aliphatic carbocycles. The molecule has 0 bridgehead atoms. The van der Waals surface area contributed by atoms with E-state index in [1.165, 1.54) is 0 Å². The van der Waals surface area contributed by atoms with Crippen LogP contribution >= 0.6 is 0 Å². The lowest BCUT2D eigenvalue weighted by Gasteiger charge is -2.50. The largest absolute Gasteiger partial charge is 0.394 e. The minimum absolute atomic E-state index is 0.370. The van der Waals surface area contributed by atoms with Gasteiger partial charge in [0.2, 0.25) is 0 Å². The minimum atomic E-state index is -1.26. The molecule has 2 aliphatic heterocycles. The minimum Gasteiger partial charge on any atom is -0.394 e. The van der Waals surface area contributed by atoms with Gasteiger partial charge in [-0.2, -0.15) is 0 Å². The van der Waals surface area contributed by atoms with Crippen molar-refractivity contribution in [2.75, 3.05) is 13.7 Å². The van der Waals surface area contributed by atoms with E-state index in [1.807, 2.05) is 27.7 Å². The Labute approximate surface area is 155 Å². The molecular weight excluding hydrogens is 342 g/mol. The van der Waals surface area contributed by atoms with Crippen molar-refractivity contribution < 1.29 is 34.6 Å². The molecule has 0 amide bonds. The Kier molecular flexibility index (Phi) is 6.73. The molecule has 8 heteroatoms. The van der Waals surface area contributed by atoms with E-state index >= 15 is 0 Å². The van der Waals surface area contributed by atoms with Crippen LogP contribution in [0, 0.1) is 5.41 Å².